The Morgan fingerprint density at radius 1 is 1.00 bits per heavy atom. The first-order valence-electron chi connectivity index (χ1n) is 8.03. The smallest absolute Gasteiger partial charge is 0.314 e. The Labute approximate surface area is 215 Å². The van der Waals surface area contributed by atoms with Gasteiger partial charge in [0.15, 0.2) is 0 Å². The first-order chi connectivity index (χ1) is 11.7. The van der Waals surface area contributed by atoms with Gasteiger partial charge in [0.05, 0.1) is 12.6 Å². The van der Waals surface area contributed by atoms with Crippen molar-refractivity contribution in [2.45, 2.75) is 19.4 Å². The van der Waals surface area contributed by atoms with Crippen molar-refractivity contribution < 1.29 is 89.7 Å². The van der Waals surface area contributed by atoms with Crippen LogP contribution >= 0.6 is 0 Å². The third kappa shape index (κ3) is 10.2. The Morgan fingerprint density at radius 3 is 2.35 bits per heavy atom. The molecule has 2 aromatic carbocycles. The average molecular weight is 408 g/mol. The van der Waals surface area contributed by atoms with Crippen molar-refractivity contribution in [3.8, 4) is 11.5 Å². The van der Waals surface area contributed by atoms with E-state index in [0.717, 1.165) is 17.1 Å². The molecule has 0 aliphatic carbocycles. The van der Waals surface area contributed by atoms with E-state index in [1.807, 2.05) is 61.5 Å². The number of benzene rings is 2. The van der Waals surface area contributed by atoms with Crippen molar-refractivity contribution in [2.75, 3.05) is 20.3 Å². The first kappa shape index (κ1) is 25.8. The van der Waals surface area contributed by atoms with Crippen LogP contribution in [0.25, 0.3) is 0 Å². The fourth-order valence-electron chi connectivity index (χ4n) is 2.19. The molecule has 0 bridgehead atoms. The fourth-order valence-corrected chi connectivity index (χ4v) is 2.19. The fraction of sp³-hybridized carbons (Fsp3) is 0.316. The van der Waals surface area contributed by atoms with Crippen molar-refractivity contribution in [1.82, 2.24) is 10.6 Å². The standard InChI is InChI=1S/C19H24N2O3.2Ar/c1-15-7-6-10-18(13-15)24-14-16(21-19(22)20-2)11-12-23-17-8-4-3-5-9-17;;/h3-10,13,16H,11-12,14H2,1-2H3,(H2,20,21,22);;/t16-;;/m0../s1. The van der Waals surface area contributed by atoms with Crippen molar-refractivity contribution in [1.29, 1.82) is 0 Å². The number of aryl methyl sites for hydroxylation is 1. The summed E-state index contributed by atoms with van der Waals surface area (Å²) in [6, 6.07) is 17.1. The Balaban J connectivity index is 0.00000312. The van der Waals surface area contributed by atoms with Gasteiger partial charge in [-0.05, 0) is 36.8 Å². The number of amides is 2. The Kier molecular flexibility index (Phi) is 14.7. The molecule has 144 valence electrons. The molecular formula is C19H24Ar2N2O3. The third-order valence-electron chi connectivity index (χ3n) is 3.48. The maximum absolute atomic E-state index is 11.6. The van der Waals surface area contributed by atoms with Crippen molar-refractivity contribution in [2.24, 2.45) is 0 Å². The molecule has 0 radical (unpaired) electrons. The zero-order valence-electron chi connectivity index (χ0n) is 14.8. The molecule has 0 saturated carbocycles. The molecule has 2 amide bonds. The van der Waals surface area contributed by atoms with Crippen LogP contribution in [-0.2, 0) is 0 Å². The second-order valence-corrected chi connectivity index (χ2v) is 5.50. The van der Waals surface area contributed by atoms with E-state index in [-0.39, 0.29) is 87.5 Å². The van der Waals surface area contributed by atoms with Crippen LogP contribution in [0.5, 0.6) is 11.5 Å². The van der Waals surface area contributed by atoms with E-state index < -0.39 is 0 Å². The molecule has 0 unspecified atom stereocenters. The molecule has 2 aromatic rings. The third-order valence-corrected chi connectivity index (χ3v) is 3.48. The van der Waals surface area contributed by atoms with Gasteiger partial charge in [0.2, 0.25) is 0 Å². The number of hydrogen-bond acceptors (Lipinski definition) is 3. The molecule has 0 aromatic heterocycles. The normalized spacial score (nSPS) is 10.5. The summed E-state index contributed by atoms with van der Waals surface area (Å²) in [5.74, 6) is 1.61. The second-order valence-electron chi connectivity index (χ2n) is 5.50. The molecule has 26 heavy (non-hydrogen) atoms. The van der Waals surface area contributed by atoms with Crippen LogP contribution in [0.3, 0.4) is 0 Å². The summed E-state index contributed by atoms with van der Waals surface area (Å²) in [6.45, 7) is 2.89. The Morgan fingerprint density at radius 2 is 1.69 bits per heavy atom. The van der Waals surface area contributed by atoms with Crippen LogP contribution in [-0.4, -0.2) is 32.3 Å². The van der Waals surface area contributed by atoms with Gasteiger partial charge < -0.3 is 20.1 Å². The molecule has 5 nitrogen and oxygen atoms in total. The monoisotopic (exact) mass is 408 g/mol. The van der Waals surface area contributed by atoms with E-state index in [2.05, 4.69) is 10.6 Å². The molecule has 7 heteroatoms. The molecule has 0 spiro atoms. The van der Waals surface area contributed by atoms with Gasteiger partial charge in [-0.3, -0.25) is 0 Å². The minimum atomic E-state index is -0.229. The molecular weight excluding hydrogens is 384 g/mol. The van der Waals surface area contributed by atoms with Crippen LogP contribution in [0.1, 0.15) is 12.0 Å². The van der Waals surface area contributed by atoms with Gasteiger partial charge in [0.1, 0.15) is 18.1 Å². The van der Waals surface area contributed by atoms with E-state index >= 15 is 0 Å². The SMILES string of the molecule is CNC(=O)N[C@@H](CCOc1ccccc1)COc1cccc(C)c1.[Ar].[Ar]. The van der Waals surface area contributed by atoms with Crippen LogP contribution in [0.2, 0.25) is 0 Å². The number of nitrogens with one attached hydrogen (secondary N) is 2. The number of carbonyl (C=O) groups is 1. The van der Waals surface area contributed by atoms with E-state index in [4.69, 9.17) is 9.47 Å². The summed E-state index contributed by atoms with van der Waals surface area (Å²) in [6.07, 6.45) is 0.647. The van der Waals surface area contributed by atoms with E-state index in [1.54, 1.807) is 7.05 Å². The van der Waals surface area contributed by atoms with Crippen LogP contribution in [0.15, 0.2) is 54.6 Å². The van der Waals surface area contributed by atoms with Gasteiger partial charge in [-0.15, -0.1) is 0 Å². The van der Waals surface area contributed by atoms with Gasteiger partial charge in [-0.2, -0.15) is 0 Å². The molecule has 0 fully saturated rings. The summed E-state index contributed by atoms with van der Waals surface area (Å²) >= 11 is 0. The Hall–Kier alpha value is -0.171. The van der Waals surface area contributed by atoms with Gasteiger partial charge in [-0.1, -0.05) is 30.3 Å². The van der Waals surface area contributed by atoms with Crippen molar-refractivity contribution in [3.05, 3.63) is 60.2 Å². The quantitative estimate of drug-likeness (QED) is 0.706. The molecule has 0 saturated heterocycles. The predicted molar refractivity (Wildman–Crippen MR) is 94.6 cm³/mol. The second kappa shape index (κ2) is 14.8. The Bertz CT molecular complexity index is 642. The molecule has 0 aliphatic rings. The van der Waals surface area contributed by atoms with Gasteiger partial charge in [0, 0.05) is 88.9 Å². The van der Waals surface area contributed by atoms with Crippen LogP contribution in [0.4, 0.5) is 4.79 Å². The molecule has 2 N–H and O–H groups in total. The first-order valence-corrected chi connectivity index (χ1v) is 8.03. The largest absolute Gasteiger partial charge is 0.494 e. The number of carbonyl (C=O) groups excluding carboxylic acids is 1. The average Bonchev–Trinajstić information content (AvgIpc) is 2.60. The summed E-state index contributed by atoms with van der Waals surface area (Å²) in [5.41, 5.74) is 1.13. The minimum Gasteiger partial charge on any atom is -0.494 e. The summed E-state index contributed by atoms with van der Waals surface area (Å²) in [4.78, 5) is 11.6. The van der Waals surface area contributed by atoms with Gasteiger partial charge in [-0.25, -0.2) is 4.79 Å². The maximum Gasteiger partial charge on any atom is 0.314 e. The van der Waals surface area contributed by atoms with Gasteiger partial charge >= 0.3 is 6.03 Å². The summed E-state index contributed by atoms with van der Waals surface area (Å²) < 4.78 is 11.5. The molecule has 0 aliphatic heterocycles. The predicted octanol–water partition coefficient (Wildman–Crippen LogP) is 3.14. The summed E-state index contributed by atoms with van der Waals surface area (Å²) in [7, 11) is 1.59. The zero-order valence-corrected chi connectivity index (χ0v) is 16.2. The van der Waals surface area contributed by atoms with E-state index in [1.165, 1.54) is 0 Å². The summed E-state index contributed by atoms with van der Waals surface area (Å²) in [5, 5.41) is 5.45. The topological polar surface area (TPSA) is 59.6 Å². The molecule has 1 atom stereocenters. The zero-order chi connectivity index (χ0) is 17.2. The maximum atomic E-state index is 11.6. The number of urea groups is 1. The molecule has 0 heterocycles. The number of rotatable bonds is 8. The van der Waals surface area contributed by atoms with Crippen LogP contribution in [0, 0.1) is 82.4 Å². The number of ether oxygens (including phenoxy) is 2. The van der Waals surface area contributed by atoms with E-state index in [0.29, 0.717) is 19.6 Å². The number of para-hydroxylation sites is 1. The number of hydrogen-bond donors (Lipinski definition) is 2. The van der Waals surface area contributed by atoms with E-state index in [9.17, 15) is 4.79 Å². The van der Waals surface area contributed by atoms with Crippen molar-refractivity contribution >= 4 is 6.03 Å². The van der Waals surface area contributed by atoms with Crippen molar-refractivity contribution in [3.63, 3.8) is 0 Å². The van der Waals surface area contributed by atoms with Gasteiger partial charge in [0.25, 0.3) is 0 Å². The van der Waals surface area contributed by atoms with Crippen LogP contribution < -0.4 is 20.1 Å². The molecule has 2 rings (SSSR count). The minimum absolute atomic E-state index is 0.